The second-order valence-corrected chi connectivity index (χ2v) is 2.97. The maximum atomic E-state index is 10.7. The van der Waals surface area contributed by atoms with E-state index in [0.717, 1.165) is 19.3 Å². The zero-order valence-corrected chi connectivity index (χ0v) is 6.49. The monoisotopic (exact) mass is 154 g/mol. The zero-order chi connectivity index (χ0) is 8.27. The molecule has 62 valence electrons. The number of hydrogen-bond donors (Lipinski definition) is 2. The first kappa shape index (κ1) is 8.27. The van der Waals surface area contributed by atoms with Gasteiger partial charge in [-0.15, -0.1) is 0 Å². The van der Waals surface area contributed by atoms with Crippen LogP contribution in [0.4, 0.5) is 0 Å². The van der Waals surface area contributed by atoms with E-state index in [4.69, 9.17) is 11.5 Å². The van der Waals surface area contributed by atoms with Gasteiger partial charge in [0, 0.05) is 0 Å². The van der Waals surface area contributed by atoms with Crippen LogP contribution in [-0.4, -0.2) is 11.9 Å². The molecule has 0 radical (unpaired) electrons. The molecule has 0 aliphatic heterocycles. The first-order valence-corrected chi connectivity index (χ1v) is 3.91. The SMILES string of the molecule is NC(=O)C(N)C1CC=CCC1. The van der Waals surface area contributed by atoms with Crippen LogP contribution in [0, 0.1) is 5.92 Å². The van der Waals surface area contributed by atoms with Crippen LogP contribution >= 0.6 is 0 Å². The summed E-state index contributed by atoms with van der Waals surface area (Å²) in [4.78, 5) is 10.7. The fourth-order valence-corrected chi connectivity index (χ4v) is 1.38. The molecule has 0 spiro atoms. The van der Waals surface area contributed by atoms with E-state index in [1.807, 2.05) is 0 Å². The van der Waals surface area contributed by atoms with Crippen molar-refractivity contribution in [3.05, 3.63) is 12.2 Å². The average molecular weight is 154 g/mol. The van der Waals surface area contributed by atoms with Crippen molar-refractivity contribution in [1.82, 2.24) is 0 Å². The molecule has 1 aliphatic carbocycles. The number of amides is 1. The van der Waals surface area contributed by atoms with Crippen LogP contribution in [0.25, 0.3) is 0 Å². The van der Waals surface area contributed by atoms with Gasteiger partial charge in [0.15, 0.2) is 0 Å². The molecular weight excluding hydrogens is 140 g/mol. The van der Waals surface area contributed by atoms with E-state index in [0.29, 0.717) is 0 Å². The first-order valence-electron chi connectivity index (χ1n) is 3.91. The molecular formula is C8H14N2O. The second-order valence-electron chi connectivity index (χ2n) is 2.97. The zero-order valence-electron chi connectivity index (χ0n) is 6.49. The van der Waals surface area contributed by atoms with Crippen molar-refractivity contribution < 1.29 is 4.79 Å². The second kappa shape index (κ2) is 3.53. The largest absolute Gasteiger partial charge is 0.368 e. The molecule has 0 aromatic heterocycles. The maximum absolute atomic E-state index is 10.7. The fourth-order valence-electron chi connectivity index (χ4n) is 1.38. The lowest BCUT2D eigenvalue weighted by atomic mass is 9.88. The number of allylic oxidation sites excluding steroid dienone is 2. The molecule has 2 atom stereocenters. The fraction of sp³-hybridized carbons (Fsp3) is 0.625. The molecule has 3 nitrogen and oxygen atoms in total. The van der Waals surface area contributed by atoms with Crippen LogP contribution in [0.15, 0.2) is 12.2 Å². The summed E-state index contributed by atoms with van der Waals surface area (Å²) in [5.74, 6) is -0.122. The predicted molar refractivity (Wildman–Crippen MR) is 43.7 cm³/mol. The minimum Gasteiger partial charge on any atom is -0.368 e. The molecule has 1 aliphatic rings. The van der Waals surface area contributed by atoms with Gasteiger partial charge in [-0.2, -0.15) is 0 Å². The van der Waals surface area contributed by atoms with Crippen molar-refractivity contribution in [3.8, 4) is 0 Å². The summed E-state index contributed by atoms with van der Waals surface area (Å²) in [5.41, 5.74) is 10.7. The maximum Gasteiger partial charge on any atom is 0.234 e. The van der Waals surface area contributed by atoms with Crippen LogP contribution in [0.3, 0.4) is 0 Å². The molecule has 0 saturated carbocycles. The third kappa shape index (κ3) is 2.05. The normalized spacial score (nSPS) is 26.5. The molecule has 0 aromatic rings. The summed E-state index contributed by atoms with van der Waals surface area (Å²) in [5, 5.41) is 0. The minimum absolute atomic E-state index is 0.262. The van der Waals surface area contributed by atoms with Gasteiger partial charge in [0.2, 0.25) is 5.91 Å². The third-order valence-corrected chi connectivity index (χ3v) is 2.15. The summed E-state index contributed by atoms with van der Waals surface area (Å²) in [7, 11) is 0. The highest BCUT2D eigenvalue weighted by Crippen LogP contribution is 2.20. The highest BCUT2D eigenvalue weighted by Gasteiger charge is 2.21. The Bertz CT molecular complexity index is 177. The van der Waals surface area contributed by atoms with Crippen molar-refractivity contribution in [3.63, 3.8) is 0 Å². The molecule has 0 saturated heterocycles. The van der Waals surface area contributed by atoms with Crippen LogP contribution in [0.1, 0.15) is 19.3 Å². The standard InChI is InChI=1S/C8H14N2O/c9-7(8(10)11)6-4-2-1-3-5-6/h1-2,6-7H,3-5,9H2,(H2,10,11). The molecule has 0 fully saturated rings. The van der Waals surface area contributed by atoms with Crippen LogP contribution < -0.4 is 11.5 Å². The van der Waals surface area contributed by atoms with Gasteiger partial charge in [-0.3, -0.25) is 4.79 Å². The molecule has 4 N–H and O–H groups in total. The molecule has 1 amide bonds. The van der Waals surface area contributed by atoms with Gasteiger partial charge in [-0.25, -0.2) is 0 Å². The summed E-state index contributed by atoms with van der Waals surface area (Å²) < 4.78 is 0. The van der Waals surface area contributed by atoms with Gasteiger partial charge in [-0.05, 0) is 25.2 Å². The van der Waals surface area contributed by atoms with Crippen LogP contribution in [0.2, 0.25) is 0 Å². The molecule has 11 heavy (non-hydrogen) atoms. The Hall–Kier alpha value is -0.830. The minimum atomic E-state index is -0.458. The number of carbonyl (C=O) groups is 1. The average Bonchev–Trinajstić information content (AvgIpc) is 2.05. The highest BCUT2D eigenvalue weighted by molar-refractivity contribution is 5.79. The van der Waals surface area contributed by atoms with Crippen LogP contribution in [0.5, 0.6) is 0 Å². The Kier molecular flexibility index (Phi) is 2.65. The number of primary amides is 1. The number of carbonyl (C=O) groups excluding carboxylic acids is 1. The van der Waals surface area contributed by atoms with Gasteiger partial charge in [0.25, 0.3) is 0 Å². The Balaban J connectivity index is 2.46. The van der Waals surface area contributed by atoms with E-state index in [-0.39, 0.29) is 11.8 Å². The van der Waals surface area contributed by atoms with E-state index in [9.17, 15) is 4.79 Å². The third-order valence-electron chi connectivity index (χ3n) is 2.15. The summed E-state index contributed by atoms with van der Waals surface area (Å²) in [6.45, 7) is 0. The van der Waals surface area contributed by atoms with E-state index < -0.39 is 6.04 Å². The van der Waals surface area contributed by atoms with Crippen LogP contribution in [-0.2, 0) is 4.79 Å². The van der Waals surface area contributed by atoms with E-state index in [2.05, 4.69) is 12.2 Å². The molecule has 2 unspecified atom stereocenters. The molecule has 3 heteroatoms. The predicted octanol–water partition coefficient (Wildman–Crippen LogP) is 0.155. The number of nitrogens with two attached hydrogens (primary N) is 2. The quantitative estimate of drug-likeness (QED) is 0.556. The van der Waals surface area contributed by atoms with Gasteiger partial charge in [-0.1, -0.05) is 12.2 Å². The Morgan fingerprint density at radius 2 is 2.27 bits per heavy atom. The van der Waals surface area contributed by atoms with Gasteiger partial charge in [0.1, 0.15) is 0 Å². The lowest BCUT2D eigenvalue weighted by molar-refractivity contribution is -0.120. The highest BCUT2D eigenvalue weighted by atomic mass is 16.1. The Labute approximate surface area is 66.4 Å². The summed E-state index contributed by atoms with van der Waals surface area (Å²) >= 11 is 0. The van der Waals surface area contributed by atoms with Gasteiger partial charge in [0.05, 0.1) is 6.04 Å². The number of hydrogen-bond acceptors (Lipinski definition) is 2. The lowest BCUT2D eigenvalue weighted by Gasteiger charge is -2.21. The van der Waals surface area contributed by atoms with E-state index in [1.165, 1.54) is 0 Å². The van der Waals surface area contributed by atoms with Crippen molar-refractivity contribution >= 4 is 5.91 Å². The first-order chi connectivity index (χ1) is 5.22. The van der Waals surface area contributed by atoms with Crippen molar-refractivity contribution in [2.24, 2.45) is 17.4 Å². The Morgan fingerprint density at radius 1 is 1.55 bits per heavy atom. The van der Waals surface area contributed by atoms with Gasteiger partial charge < -0.3 is 11.5 Å². The van der Waals surface area contributed by atoms with E-state index >= 15 is 0 Å². The van der Waals surface area contributed by atoms with E-state index in [1.54, 1.807) is 0 Å². The van der Waals surface area contributed by atoms with Crippen molar-refractivity contribution in [1.29, 1.82) is 0 Å². The summed E-state index contributed by atoms with van der Waals surface area (Å²) in [6, 6.07) is -0.458. The smallest absolute Gasteiger partial charge is 0.234 e. The van der Waals surface area contributed by atoms with Crippen molar-refractivity contribution in [2.45, 2.75) is 25.3 Å². The molecule has 0 bridgehead atoms. The number of rotatable bonds is 2. The molecule has 0 heterocycles. The molecule has 0 aromatic carbocycles. The van der Waals surface area contributed by atoms with Crippen molar-refractivity contribution in [2.75, 3.05) is 0 Å². The topological polar surface area (TPSA) is 69.1 Å². The lowest BCUT2D eigenvalue weighted by Crippen LogP contribution is -2.42. The molecule has 1 rings (SSSR count). The summed E-state index contributed by atoms with van der Waals surface area (Å²) in [6.07, 6.45) is 7.08. The Morgan fingerprint density at radius 3 is 2.73 bits per heavy atom. The van der Waals surface area contributed by atoms with Gasteiger partial charge >= 0.3 is 0 Å².